The third kappa shape index (κ3) is 2.55. The Kier molecular flexibility index (Phi) is 3.45. The minimum absolute atomic E-state index is 0.110. The van der Waals surface area contributed by atoms with Gasteiger partial charge in [-0.2, -0.15) is 5.10 Å². The van der Waals surface area contributed by atoms with Crippen LogP contribution in [-0.4, -0.2) is 40.2 Å². The molecule has 1 aromatic heterocycles. The van der Waals surface area contributed by atoms with E-state index in [1.54, 1.807) is 0 Å². The third-order valence-electron chi connectivity index (χ3n) is 5.21. The van der Waals surface area contributed by atoms with E-state index in [4.69, 9.17) is 0 Å². The quantitative estimate of drug-likeness (QED) is 0.815. The molecule has 3 heterocycles. The number of anilines is 1. The average molecular weight is 310 g/mol. The van der Waals surface area contributed by atoms with Gasteiger partial charge < -0.3 is 4.90 Å². The molecular formula is C18H22N4O. The molecule has 0 bridgehead atoms. The van der Waals surface area contributed by atoms with Crippen molar-refractivity contribution in [2.45, 2.75) is 19.4 Å². The van der Waals surface area contributed by atoms with Gasteiger partial charge in [0.2, 0.25) is 5.91 Å². The molecule has 1 aromatic carbocycles. The lowest BCUT2D eigenvalue weighted by atomic mass is 9.70. The van der Waals surface area contributed by atoms with Crippen molar-refractivity contribution in [2.24, 2.45) is 12.5 Å². The zero-order valence-electron chi connectivity index (χ0n) is 13.5. The number of aromatic nitrogens is 2. The summed E-state index contributed by atoms with van der Waals surface area (Å²) in [7, 11) is 1.94. The summed E-state index contributed by atoms with van der Waals surface area (Å²) in [6.45, 7) is 3.78. The van der Waals surface area contributed by atoms with Crippen LogP contribution in [-0.2, 0) is 18.4 Å². The van der Waals surface area contributed by atoms with Gasteiger partial charge in [-0.25, -0.2) is 0 Å². The predicted molar refractivity (Wildman–Crippen MR) is 88.9 cm³/mol. The molecule has 0 atom stereocenters. The van der Waals surface area contributed by atoms with E-state index in [0.29, 0.717) is 5.91 Å². The highest BCUT2D eigenvalue weighted by Gasteiger charge is 2.53. The van der Waals surface area contributed by atoms with Crippen molar-refractivity contribution in [1.82, 2.24) is 14.7 Å². The predicted octanol–water partition coefficient (Wildman–Crippen LogP) is 2.05. The number of β-lactam (4-membered cyclic amide) rings is 1. The summed E-state index contributed by atoms with van der Waals surface area (Å²) in [5.41, 5.74) is 2.16. The Morgan fingerprint density at radius 3 is 2.52 bits per heavy atom. The topological polar surface area (TPSA) is 41.4 Å². The molecule has 0 radical (unpaired) electrons. The summed E-state index contributed by atoms with van der Waals surface area (Å²) in [6, 6.07) is 10.00. The van der Waals surface area contributed by atoms with Crippen molar-refractivity contribution in [3.05, 3.63) is 48.3 Å². The van der Waals surface area contributed by atoms with Crippen LogP contribution in [0.3, 0.4) is 0 Å². The zero-order chi connectivity index (χ0) is 15.9. The molecule has 0 N–H and O–H groups in total. The van der Waals surface area contributed by atoms with E-state index >= 15 is 0 Å². The van der Waals surface area contributed by atoms with Gasteiger partial charge in [-0.05, 0) is 38.1 Å². The summed E-state index contributed by atoms with van der Waals surface area (Å²) in [6.07, 6.45) is 5.93. The van der Waals surface area contributed by atoms with E-state index in [1.807, 2.05) is 53.2 Å². The zero-order valence-corrected chi connectivity index (χ0v) is 13.5. The lowest BCUT2D eigenvalue weighted by Crippen LogP contribution is -2.64. The number of hydrogen-bond acceptors (Lipinski definition) is 3. The van der Waals surface area contributed by atoms with Crippen LogP contribution in [0.25, 0.3) is 0 Å². The smallest absolute Gasteiger partial charge is 0.235 e. The highest BCUT2D eigenvalue weighted by molar-refractivity contribution is 6.04. The highest BCUT2D eigenvalue weighted by atomic mass is 16.2. The molecule has 5 nitrogen and oxygen atoms in total. The number of rotatable bonds is 3. The molecule has 5 heteroatoms. The first kappa shape index (κ1) is 14.5. The van der Waals surface area contributed by atoms with Crippen LogP contribution in [0.2, 0.25) is 0 Å². The van der Waals surface area contributed by atoms with Crippen LogP contribution in [0, 0.1) is 5.41 Å². The van der Waals surface area contributed by atoms with Gasteiger partial charge in [-0.1, -0.05) is 18.2 Å². The molecule has 0 saturated carbocycles. The SMILES string of the molecule is Cn1cc(CN2CCC3(CC2)CN(c2ccccc2)C3=O)cn1. The van der Waals surface area contributed by atoms with E-state index in [0.717, 1.165) is 44.7 Å². The summed E-state index contributed by atoms with van der Waals surface area (Å²) in [4.78, 5) is 17.1. The second-order valence-corrected chi connectivity index (χ2v) is 6.81. The van der Waals surface area contributed by atoms with Gasteiger partial charge in [0.25, 0.3) is 0 Å². The fraction of sp³-hybridized carbons (Fsp3) is 0.444. The first-order valence-corrected chi connectivity index (χ1v) is 8.23. The van der Waals surface area contributed by atoms with E-state index in [1.165, 1.54) is 5.56 Å². The second-order valence-electron chi connectivity index (χ2n) is 6.81. The minimum atomic E-state index is -0.110. The van der Waals surface area contributed by atoms with Crippen molar-refractivity contribution in [3.63, 3.8) is 0 Å². The molecule has 2 saturated heterocycles. The Balaban J connectivity index is 1.36. The minimum Gasteiger partial charge on any atom is -0.311 e. The number of benzene rings is 1. The van der Waals surface area contributed by atoms with Crippen LogP contribution < -0.4 is 4.90 Å². The van der Waals surface area contributed by atoms with Crippen molar-refractivity contribution >= 4 is 11.6 Å². The lowest BCUT2D eigenvalue weighted by molar-refractivity contribution is -0.138. The number of hydrogen-bond donors (Lipinski definition) is 0. The van der Waals surface area contributed by atoms with Crippen LogP contribution in [0.1, 0.15) is 18.4 Å². The van der Waals surface area contributed by atoms with Crippen LogP contribution >= 0.6 is 0 Å². The molecular weight excluding hydrogens is 288 g/mol. The maximum absolute atomic E-state index is 12.7. The number of amides is 1. The summed E-state index contributed by atoms with van der Waals surface area (Å²) >= 11 is 0. The molecule has 2 aliphatic heterocycles. The standard InChI is InChI=1S/C18H22N4O/c1-20-12-15(11-19-20)13-21-9-7-18(8-10-21)14-22(17(18)23)16-5-3-2-4-6-16/h2-6,11-12H,7-10,13-14H2,1H3. The molecule has 2 aliphatic rings. The van der Waals surface area contributed by atoms with Crippen molar-refractivity contribution < 1.29 is 4.79 Å². The van der Waals surface area contributed by atoms with Gasteiger partial charge in [-0.3, -0.25) is 14.4 Å². The first-order chi connectivity index (χ1) is 11.2. The van der Waals surface area contributed by atoms with Gasteiger partial charge in [0.05, 0.1) is 11.6 Å². The van der Waals surface area contributed by atoms with Crippen LogP contribution in [0.15, 0.2) is 42.7 Å². The average Bonchev–Trinajstić information content (AvgIpc) is 2.99. The van der Waals surface area contributed by atoms with E-state index < -0.39 is 0 Å². The Hall–Kier alpha value is -2.14. The Labute approximate surface area is 136 Å². The monoisotopic (exact) mass is 310 g/mol. The Morgan fingerprint density at radius 2 is 1.91 bits per heavy atom. The van der Waals surface area contributed by atoms with E-state index in [-0.39, 0.29) is 5.41 Å². The van der Waals surface area contributed by atoms with Gasteiger partial charge in [-0.15, -0.1) is 0 Å². The number of carbonyl (C=O) groups excluding carboxylic acids is 1. The number of piperidine rings is 1. The van der Waals surface area contributed by atoms with Gasteiger partial charge in [0, 0.05) is 37.6 Å². The third-order valence-corrected chi connectivity index (χ3v) is 5.21. The van der Waals surface area contributed by atoms with Crippen molar-refractivity contribution in [3.8, 4) is 0 Å². The summed E-state index contributed by atoms with van der Waals surface area (Å²) in [5.74, 6) is 0.310. The van der Waals surface area contributed by atoms with Crippen molar-refractivity contribution in [2.75, 3.05) is 24.5 Å². The molecule has 120 valence electrons. The summed E-state index contributed by atoms with van der Waals surface area (Å²) in [5, 5.41) is 4.22. The van der Waals surface area contributed by atoms with Gasteiger partial charge in [0.15, 0.2) is 0 Å². The lowest BCUT2D eigenvalue weighted by Gasteiger charge is -2.52. The first-order valence-electron chi connectivity index (χ1n) is 8.23. The number of para-hydroxylation sites is 1. The highest BCUT2D eigenvalue weighted by Crippen LogP contribution is 2.43. The maximum atomic E-state index is 12.7. The second kappa shape index (κ2) is 5.49. The van der Waals surface area contributed by atoms with Gasteiger partial charge in [0.1, 0.15) is 0 Å². The number of aryl methyl sites for hydroxylation is 1. The van der Waals surface area contributed by atoms with Crippen LogP contribution in [0.4, 0.5) is 5.69 Å². The molecule has 23 heavy (non-hydrogen) atoms. The molecule has 4 rings (SSSR count). The molecule has 0 unspecified atom stereocenters. The number of nitrogens with zero attached hydrogens (tertiary/aromatic N) is 4. The Bertz CT molecular complexity index is 701. The molecule has 1 amide bonds. The number of carbonyl (C=O) groups is 1. The van der Waals surface area contributed by atoms with Crippen molar-refractivity contribution in [1.29, 1.82) is 0 Å². The normalized spacial score (nSPS) is 20.7. The van der Waals surface area contributed by atoms with Crippen LogP contribution in [0.5, 0.6) is 0 Å². The Morgan fingerprint density at radius 1 is 1.17 bits per heavy atom. The molecule has 1 spiro atoms. The molecule has 2 aromatic rings. The fourth-order valence-corrected chi connectivity index (χ4v) is 3.78. The molecule has 2 fully saturated rings. The van der Waals surface area contributed by atoms with E-state index in [2.05, 4.69) is 16.2 Å². The number of likely N-dealkylation sites (tertiary alicyclic amines) is 1. The largest absolute Gasteiger partial charge is 0.311 e. The van der Waals surface area contributed by atoms with Gasteiger partial charge >= 0.3 is 0 Å². The van der Waals surface area contributed by atoms with E-state index in [9.17, 15) is 4.79 Å². The molecule has 0 aliphatic carbocycles. The summed E-state index contributed by atoms with van der Waals surface area (Å²) < 4.78 is 1.84. The maximum Gasteiger partial charge on any atom is 0.235 e. The fourth-order valence-electron chi connectivity index (χ4n) is 3.78.